The lowest BCUT2D eigenvalue weighted by atomic mass is 9.82. The number of methoxy groups -OCH3 is 1. The van der Waals surface area contributed by atoms with Crippen molar-refractivity contribution in [3.63, 3.8) is 0 Å². The van der Waals surface area contributed by atoms with E-state index in [-0.39, 0.29) is 5.82 Å². The van der Waals surface area contributed by atoms with Crippen LogP contribution in [0.15, 0.2) is 46.4 Å². The van der Waals surface area contributed by atoms with Gasteiger partial charge in [0.15, 0.2) is 0 Å². The van der Waals surface area contributed by atoms with Gasteiger partial charge in [0.1, 0.15) is 11.6 Å². The minimum atomic E-state index is -0.546. The number of benzene rings is 1. The summed E-state index contributed by atoms with van der Waals surface area (Å²) in [6.07, 6.45) is 0. The maximum Gasteiger partial charge on any atom is 0.348 e. The second-order valence-corrected chi connectivity index (χ2v) is 5.22. The summed E-state index contributed by atoms with van der Waals surface area (Å²) in [5.74, 6) is -0.398. The molecule has 2 heterocycles. The van der Waals surface area contributed by atoms with E-state index in [0.717, 1.165) is 5.56 Å². The molecule has 1 atom stereocenters. The third-order valence-electron chi connectivity index (χ3n) is 3.83. The Bertz CT molecular complexity index is 855. The molecule has 1 aliphatic rings. The van der Waals surface area contributed by atoms with Crippen LogP contribution in [0.2, 0.25) is 0 Å². The number of H-pyrrole nitrogens is 1. The van der Waals surface area contributed by atoms with Crippen LogP contribution in [0.25, 0.3) is 0 Å². The third kappa shape index (κ3) is 2.46. The number of carbonyl (C=O) groups is 1. The van der Waals surface area contributed by atoms with Gasteiger partial charge in [0.05, 0.1) is 18.6 Å². The van der Waals surface area contributed by atoms with Gasteiger partial charge in [-0.3, -0.25) is 4.98 Å². The van der Waals surface area contributed by atoms with Gasteiger partial charge in [-0.1, -0.05) is 30.3 Å². The number of aromatic nitrogens is 2. The van der Waals surface area contributed by atoms with Crippen molar-refractivity contribution in [3.8, 4) is 0 Å². The highest BCUT2D eigenvalue weighted by atomic mass is 16.5. The minimum absolute atomic E-state index is 0.176. The number of nitrogens with zero attached hydrogens (tertiary/aromatic N) is 1. The first-order valence-electron chi connectivity index (χ1n) is 7.03. The Balaban J connectivity index is 2.30. The molecule has 118 valence electrons. The number of hydrogen-bond acceptors (Lipinski definition) is 6. The first kappa shape index (κ1) is 14.8. The van der Waals surface area contributed by atoms with E-state index in [0.29, 0.717) is 22.7 Å². The van der Waals surface area contributed by atoms with Crippen molar-refractivity contribution in [2.45, 2.75) is 12.8 Å². The monoisotopic (exact) mass is 312 g/mol. The molecular weight excluding hydrogens is 296 g/mol. The van der Waals surface area contributed by atoms with Crippen LogP contribution in [0.4, 0.5) is 11.6 Å². The van der Waals surface area contributed by atoms with Crippen LogP contribution in [-0.2, 0) is 9.53 Å². The molecule has 0 radical (unpaired) electrons. The molecule has 1 aromatic heterocycles. The third-order valence-corrected chi connectivity index (χ3v) is 3.83. The molecule has 0 spiro atoms. The Kier molecular flexibility index (Phi) is 3.61. The van der Waals surface area contributed by atoms with Crippen LogP contribution in [0, 0.1) is 0 Å². The van der Waals surface area contributed by atoms with Crippen LogP contribution < -0.4 is 16.7 Å². The lowest BCUT2D eigenvalue weighted by molar-refractivity contribution is -0.136. The molecule has 1 aromatic carbocycles. The fraction of sp³-hybridized carbons (Fsp3) is 0.188. The molecule has 0 bridgehead atoms. The first-order chi connectivity index (χ1) is 11.0. The van der Waals surface area contributed by atoms with Crippen molar-refractivity contribution in [1.29, 1.82) is 0 Å². The summed E-state index contributed by atoms with van der Waals surface area (Å²) in [6, 6.07) is 9.41. The van der Waals surface area contributed by atoms with Crippen LogP contribution in [-0.4, -0.2) is 23.0 Å². The second kappa shape index (κ2) is 5.60. The molecular formula is C16H16N4O3. The van der Waals surface area contributed by atoms with Crippen molar-refractivity contribution in [2.75, 3.05) is 18.2 Å². The molecule has 3 rings (SSSR count). The van der Waals surface area contributed by atoms with E-state index in [1.54, 1.807) is 6.92 Å². The van der Waals surface area contributed by atoms with E-state index in [9.17, 15) is 9.59 Å². The maximum atomic E-state index is 12.3. The smallest absolute Gasteiger partial charge is 0.348 e. The SMILES string of the molecule is COC(=O)C1=C(C)Nc2nc(=O)[nH]c(N)c2C1c1ccccc1. The van der Waals surface area contributed by atoms with Gasteiger partial charge in [-0.2, -0.15) is 4.98 Å². The quantitative estimate of drug-likeness (QED) is 0.722. The van der Waals surface area contributed by atoms with Gasteiger partial charge in [-0.15, -0.1) is 0 Å². The Morgan fingerprint density at radius 3 is 2.65 bits per heavy atom. The lowest BCUT2D eigenvalue weighted by Crippen LogP contribution is -2.28. The maximum absolute atomic E-state index is 12.3. The van der Waals surface area contributed by atoms with Crippen molar-refractivity contribution in [3.05, 3.63) is 63.2 Å². The summed E-state index contributed by atoms with van der Waals surface area (Å²) in [4.78, 5) is 30.3. The molecule has 1 aliphatic heterocycles. The highest BCUT2D eigenvalue weighted by Gasteiger charge is 2.35. The van der Waals surface area contributed by atoms with Crippen molar-refractivity contribution in [2.24, 2.45) is 0 Å². The fourth-order valence-electron chi connectivity index (χ4n) is 2.85. The molecule has 0 aliphatic carbocycles. The number of hydrogen-bond donors (Lipinski definition) is 3. The van der Waals surface area contributed by atoms with E-state index in [4.69, 9.17) is 10.5 Å². The Labute approximate surface area is 132 Å². The molecule has 7 nitrogen and oxygen atoms in total. The molecule has 0 saturated carbocycles. The number of nitrogens with one attached hydrogen (secondary N) is 2. The molecule has 23 heavy (non-hydrogen) atoms. The number of nitrogens with two attached hydrogens (primary N) is 1. The minimum Gasteiger partial charge on any atom is -0.466 e. The Morgan fingerprint density at radius 2 is 2.00 bits per heavy atom. The van der Waals surface area contributed by atoms with E-state index < -0.39 is 17.6 Å². The largest absolute Gasteiger partial charge is 0.466 e. The summed E-state index contributed by atoms with van der Waals surface area (Å²) in [5.41, 5.74) is 7.89. The van der Waals surface area contributed by atoms with Gasteiger partial charge in [0.2, 0.25) is 0 Å². The zero-order valence-electron chi connectivity index (χ0n) is 12.7. The van der Waals surface area contributed by atoms with Crippen LogP contribution in [0.3, 0.4) is 0 Å². The molecule has 0 saturated heterocycles. The van der Waals surface area contributed by atoms with E-state index in [1.165, 1.54) is 7.11 Å². The average Bonchev–Trinajstić information content (AvgIpc) is 2.53. The van der Waals surface area contributed by atoms with Gasteiger partial charge in [0.25, 0.3) is 0 Å². The first-order valence-corrected chi connectivity index (χ1v) is 7.03. The number of fused-ring (bicyclic) bond motifs is 1. The fourth-order valence-corrected chi connectivity index (χ4v) is 2.85. The standard InChI is InChI=1S/C16H16N4O3/c1-8-10(15(21)23-2)11(9-6-4-3-5-7-9)12-13(17)19-16(22)20-14(12)18-8/h3-7,11H,1-2H3,(H4,17,18,19,20,22). The summed E-state index contributed by atoms with van der Waals surface area (Å²) in [5, 5.41) is 2.97. The van der Waals surface area contributed by atoms with Gasteiger partial charge >= 0.3 is 11.7 Å². The number of carbonyl (C=O) groups excluding carboxylic acids is 1. The number of allylic oxidation sites excluding steroid dienone is 1. The Morgan fingerprint density at radius 1 is 1.30 bits per heavy atom. The van der Waals surface area contributed by atoms with Crippen LogP contribution in [0.1, 0.15) is 24.0 Å². The summed E-state index contributed by atoms with van der Waals surface area (Å²) in [6.45, 7) is 1.74. The summed E-state index contributed by atoms with van der Waals surface area (Å²) >= 11 is 0. The van der Waals surface area contributed by atoms with Gasteiger partial charge < -0.3 is 15.8 Å². The number of rotatable bonds is 2. The van der Waals surface area contributed by atoms with E-state index in [1.807, 2.05) is 30.3 Å². The highest BCUT2D eigenvalue weighted by Crippen LogP contribution is 2.42. The van der Waals surface area contributed by atoms with Crippen molar-refractivity contribution >= 4 is 17.6 Å². The summed E-state index contributed by atoms with van der Waals surface area (Å²) < 4.78 is 4.92. The number of nitrogen functional groups attached to an aromatic ring is 1. The molecule has 7 heteroatoms. The van der Waals surface area contributed by atoms with E-state index >= 15 is 0 Å². The molecule has 4 N–H and O–H groups in total. The predicted molar refractivity (Wildman–Crippen MR) is 85.9 cm³/mol. The normalized spacial score (nSPS) is 16.5. The van der Waals surface area contributed by atoms with Gasteiger partial charge in [-0.25, -0.2) is 9.59 Å². The topological polar surface area (TPSA) is 110 Å². The van der Waals surface area contributed by atoms with Crippen LogP contribution in [0.5, 0.6) is 0 Å². The number of ether oxygens (including phenoxy) is 1. The molecule has 0 fully saturated rings. The number of esters is 1. The average molecular weight is 312 g/mol. The number of aromatic amines is 1. The zero-order chi connectivity index (χ0) is 16.6. The molecule has 1 unspecified atom stereocenters. The Hall–Kier alpha value is -3.09. The highest BCUT2D eigenvalue weighted by molar-refractivity contribution is 5.95. The summed E-state index contributed by atoms with van der Waals surface area (Å²) in [7, 11) is 1.33. The predicted octanol–water partition coefficient (Wildman–Crippen LogP) is 1.36. The van der Waals surface area contributed by atoms with E-state index in [2.05, 4.69) is 15.3 Å². The van der Waals surface area contributed by atoms with Crippen LogP contribution >= 0.6 is 0 Å². The number of anilines is 2. The van der Waals surface area contributed by atoms with Crippen molar-refractivity contribution in [1.82, 2.24) is 9.97 Å². The lowest BCUT2D eigenvalue weighted by Gasteiger charge is -2.29. The zero-order valence-corrected chi connectivity index (χ0v) is 12.7. The molecule has 0 amide bonds. The van der Waals surface area contributed by atoms with Gasteiger partial charge in [-0.05, 0) is 12.5 Å². The van der Waals surface area contributed by atoms with Gasteiger partial charge in [0, 0.05) is 11.3 Å². The van der Waals surface area contributed by atoms with Crippen molar-refractivity contribution < 1.29 is 9.53 Å². The molecule has 2 aromatic rings. The second-order valence-electron chi connectivity index (χ2n) is 5.22.